The average Bonchev–Trinajstić information content (AvgIpc) is 3.21. The van der Waals surface area contributed by atoms with E-state index in [0.29, 0.717) is 39.3 Å². The van der Waals surface area contributed by atoms with E-state index in [1.807, 2.05) is 0 Å². The van der Waals surface area contributed by atoms with Crippen molar-refractivity contribution in [1.82, 2.24) is 5.32 Å². The lowest BCUT2D eigenvalue weighted by Crippen LogP contribution is -2.23. The van der Waals surface area contributed by atoms with Crippen LogP contribution in [0.15, 0.2) is 65.3 Å². The molecule has 1 aromatic heterocycles. The van der Waals surface area contributed by atoms with E-state index in [1.165, 1.54) is 0 Å². The summed E-state index contributed by atoms with van der Waals surface area (Å²) in [6.45, 7) is 0.298. The summed E-state index contributed by atoms with van der Waals surface area (Å²) in [7, 11) is 0. The van der Waals surface area contributed by atoms with Crippen molar-refractivity contribution >= 4 is 46.4 Å². The van der Waals surface area contributed by atoms with Crippen LogP contribution >= 0.6 is 23.2 Å². The Bertz CT molecular complexity index is 975. The standard InChI is InChI=1S/C20H17Cl2N3O3/c21-14-6-7-17(22)18(10-14)25-19(26)12-23-15-4-1-3-13(9-15)20(27)24-11-16-5-2-8-28-16/h1-10,23H,11-12H2,(H,24,27)(H,25,26). The second-order valence-corrected chi connectivity index (χ2v) is 6.71. The van der Waals surface area contributed by atoms with E-state index < -0.39 is 0 Å². The Morgan fingerprint density at radius 1 is 1.00 bits per heavy atom. The maximum Gasteiger partial charge on any atom is 0.251 e. The Kier molecular flexibility index (Phi) is 6.57. The van der Waals surface area contributed by atoms with E-state index in [4.69, 9.17) is 27.6 Å². The summed E-state index contributed by atoms with van der Waals surface area (Å²) in [6.07, 6.45) is 1.55. The largest absolute Gasteiger partial charge is 0.467 e. The number of benzene rings is 2. The highest BCUT2D eigenvalue weighted by molar-refractivity contribution is 6.35. The molecule has 0 spiro atoms. The molecule has 28 heavy (non-hydrogen) atoms. The molecule has 8 heteroatoms. The zero-order valence-electron chi connectivity index (χ0n) is 14.7. The van der Waals surface area contributed by atoms with Crippen LogP contribution in [-0.4, -0.2) is 18.4 Å². The number of carbonyl (C=O) groups is 2. The minimum absolute atomic E-state index is 0.000307. The molecule has 2 amide bonds. The molecule has 144 valence electrons. The van der Waals surface area contributed by atoms with Crippen LogP contribution in [-0.2, 0) is 11.3 Å². The van der Waals surface area contributed by atoms with Crippen LogP contribution in [0.3, 0.4) is 0 Å². The van der Waals surface area contributed by atoms with Gasteiger partial charge in [0.1, 0.15) is 5.76 Å². The molecule has 2 aromatic carbocycles. The molecular formula is C20H17Cl2N3O3. The predicted octanol–water partition coefficient (Wildman–Crippen LogP) is 4.57. The maximum absolute atomic E-state index is 12.3. The summed E-state index contributed by atoms with van der Waals surface area (Å²) in [5.74, 6) is 0.131. The topological polar surface area (TPSA) is 83.4 Å². The molecule has 3 aromatic rings. The molecule has 3 rings (SSSR count). The van der Waals surface area contributed by atoms with Gasteiger partial charge in [0.05, 0.1) is 30.1 Å². The summed E-state index contributed by atoms with van der Waals surface area (Å²) in [6, 6.07) is 15.2. The molecule has 0 aliphatic carbocycles. The number of nitrogens with one attached hydrogen (secondary N) is 3. The molecular weight excluding hydrogens is 401 g/mol. The molecule has 0 aliphatic rings. The third-order valence-electron chi connectivity index (χ3n) is 3.78. The second-order valence-electron chi connectivity index (χ2n) is 5.87. The molecule has 0 saturated heterocycles. The summed E-state index contributed by atoms with van der Waals surface area (Å²) >= 11 is 11.9. The lowest BCUT2D eigenvalue weighted by atomic mass is 10.2. The first-order chi connectivity index (χ1) is 13.5. The molecule has 0 aliphatic heterocycles. The number of rotatable bonds is 7. The van der Waals surface area contributed by atoms with Crippen molar-refractivity contribution in [3.8, 4) is 0 Å². The SMILES string of the molecule is O=C(CNc1cccc(C(=O)NCc2ccco2)c1)Nc1cc(Cl)ccc1Cl. The number of carbonyl (C=O) groups excluding carboxylic acids is 2. The lowest BCUT2D eigenvalue weighted by Gasteiger charge is -2.10. The number of hydrogen-bond donors (Lipinski definition) is 3. The van der Waals surface area contributed by atoms with Crippen LogP contribution in [0.25, 0.3) is 0 Å². The van der Waals surface area contributed by atoms with Crippen molar-refractivity contribution in [2.45, 2.75) is 6.54 Å². The smallest absolute Gasteiger partial charge is 0.251 e. The fraction of sp³-hybridized carbons (Fsp3) is 0.100. The van der Waals surface area contributed by atoms with E-state index in [9.17, 15) is 9.59 Å². The minimum Gasteiger partial charge on any atom is -0.467 e. The van der Waals surface area contributed by atoms with Crippen molar-refractivity contribution in [1.29, 1.82) is 0 Å². The summed E-state index contributed by atoms with van der Waals surface area (Å²) in [5, 5.41) is 9.30. The van der Waals surface area contributed by atoms with Crippen molar-refractivity contribution in [2.24, 2.45) is 0 Å². The van der Waals surface area contributed by atoms with Crippen molar-refractivity contribution < 1.29 is 14.0 Å². The van der Waals surface area contributed by atoms with Gasteiger partial charge < -0.3 is 20.4 Å². The van der Waals surface area contributed by atoms with E-state index in [-0.39, 0.29) is 18.4 Å². The highest BCUT2D eigenvalue weighted by atomic mass is 35.5. The van der Waals surface area contributed by atoms with E-state index in [0.717, 1.165) is 0 Å². The van der Waals surface area contributed by atoms with Crippen LogP contribution < -0.4 is 16.0 Å². The van der Waals surface area contributed by atoms with Gasteiger partial charge >= 0.3 is 0 Å². The first-order valence-electron chi connectivity index (χ1n) is 8.40. The van der Waals surface area contributed by atoms with Gasteiger partial charge in [0, 0.05) is 16.3 Å². The van der Waals surface area contributed by atoms with E-state index in [1.54, 1.807) is 60.9 Å². The molecule has 0 unspecified atom stereocenters. The summed E-state index contributed by atoms with van der Waals surface area (Å²) in [4.78, 5) is 24.4. The van der Waals surface area contributed by atoms with Gasteiger partial charge in [-0.1, -0.05) is 29.3 Å². The monoisotopic (exact) mass is 417 g/mol. The fourth-order valence-corrected chi connectivity index (χ4v) is 2.76. The Morgan fingerprint density at radius 3 is 2.64 bits per heavy atom. The highest BCUT2D eigenvalue weighted by Gasteiger charge is 2.09. The van der Waals surface area contributed by atoms with Gasteiger partial charge in [0.25, 0.3) is 5.91 Å². The van der Waals surface area contributed by atoms with Gasteiger partial charge in [-0.2, -0.15) is 0 Å². The first-order valence-corrected chi connectivity index (χ1v) is 9.16. The first kappa shape index (κ1) is 19.8. The molecule has 1 heterocycles. The highest BCUT2D eigenvalue weighted by Crippen LogP contribution is 2.25. The van der Waals surface area contributed by atoms with Gasteiger partial charge in [-0.3, -0.25) is 9.59 Å². The van der Waals surface area contributed by atoms with E-state index in [2.05, 4.69) is 16.0 Å². The van der Waals surface area contributed by atoms with Gasteiger partial charge in [-0.25, -0.2) is 0 Å². The maximum atomic E-state index is 12.3. The fourth-order valence-electron chi connectivity index (χ4n) is 2.42. The van der Waals surface area contributed by atoms with Crippen LogP contribution in [0.2, 0.25) is 10.0 Å². The number of halogens is 2. The quantitative estimate of drug-likeness (QED) is 0.525. The Balaban J connectivity index is 1.54. The lowest BCUT2D eigenvalue weighted by molar-refractivity contribution is -0.114. The Hall–Kier alpha value is -2.96. The minimum atomic E-state index is -0.295. The number of hydrogen-bond acceptors (Lipinski definition) is 4. The zero-order chi connectivity index (χ0) is 19.9. The molecule has 0 atom stereocenters. The molecule has 0 fully saturated rings. The number of amides is 2. The second kappa shape index (κ2) is 9.30. The van der Waals surface area contributed by atoms with Crippen molar-refractivity contribution in [3.05, 3.63) is 82.2 Å². The summed E-state index contributed by atoms with van der Waals surface area (Å²) < 4.78 is 5.18. The van der Waals surface area contributed by atoms with Gasteiger partial charge in [-0.05, 0) is 48.5 Å². The zero-order valence-corrected chi connectivity index (χ0v) is 16.2. The molecule has 3 N–H and O–H groups in total. The Labute approximate surface area is 171 Å². The number of furan rings is 1. The van der Waals surface area contributed by atoms with Crippen LogP contribution in [0.5, 0.6) is 0 Å². The van der Waals surface area contributed by atoms with Crippen LogP contribution in [0.1, 0.15) is 16.1 Å². The van der Waals surface area contributed by atoms with Crippen LogP contribution in [0.4, 0.5) is 11.4 Å². The molecule has 0 radical (unpaired) electrons. The normalized spacial score (nSPS) is 10.4. The molecule has 0 bridgehead atoms. The summed E-state index contributed by atoms with van der Waals surface area (Å²) in [5.41, 5.74) is 1.54. The molecule has 6 nitrogen and oxygen atoms in total. The Morgan fingerprint density at radius 2 is 1.86 bits per heavy atom. The molecule has 0 saturated carbocycles. The van der Waals surface area contributed by atoms with Gasteiger partial charge in [-0.15, -0.1) is 0 Å². The third-order valence-corrected chi connectivity index (χ3v) is 4.35. The van der Waals surface area contributed by atoms with Crippen molar-refractivity contribution in [3.63, 3.8) is 0 Å². The average molecular weight is 418 g/mol. The predicted molar refractivity (Wildman–Crippen MR) is 110 cm³/mol. The van der Waals surface area contributed by atoms with Crippen LogP contribution in [0, 0.1) is 0 Å². The number of anilines is 2. The van der Waals surface area contributed by atoms with Crippen molar-refractivity contribution in [2.75, 3.05) is 17.2 Å². The van der Waals surface area contributed by atoms with Gasteiger partial charge in [0.15, 0.2) is 0 Å². The van der Waals surface area contributed by atoms with Gasteiger partial charge in [0.2, 0.25) is 5.91 Å². The third kappa shape index (κ3) is 5.52. The van der Waals surface area contributed by atoms with E-state index >= 15 is 0 Å².